The summed E-state index contributed by atoms with van der Waals surface area (Å²) in [6.07, 6.45) is 0.926. The number of hydrogen-bond donors (Lipinski definition) is 3. The number of nitrogens with zero attached hydrogens (tertiary/aromatic N) is 1. The first-order chi connectivity index (χ1) is 15.7. The van der Waals surface area contributed by atoms with Gasteiger partial charge in [-0.25, -0.2) is 0 Å². The van der Waals surface area contributed by atoms with Crippen molar-refractivity contribution in [3.63, 3.8) is 0 Å². The SMILES string of the molecule is CN=C(NCCC(c1ccccc1)c1ccccc1)NCc1cc(OC)c(O)c(OC)c1.I. The molecule has 3 aromatic carbocycles. The largest absolute Gasteiger partial charge is 0.502 e. The molecule has 0 aliphatic heterocycles. The van der Waals surface area contributed by atoms with Gasteiger partial charge in [-0.3, -0.25) is 4.99 Å². The third-order valence-corrected chi connectivity index (χ3v) is 5.35. The molecule has 0 aliphatic rings. The Bertz CT molecular complexity index is 949. The van der Waals surface area contributed by atoms with Gasteiger partial charge in [0.1, 0.15) is 0 Å². The Morgan fingerprint density at radius 1 is 0.879 bits per heavy atom. The van der Waals surface area contributed by atoms with Gasteiger partial charge in [-0.2, -0.15) is 0 Å². The molecule has 0 heterocycles. The molecule has 3 rings (SSSR count). The summed E-state index contributed by atoms with van der Waals surface area (Å²) in [4.78, 5) is 4.33. The summed E-state index contributed by atoms with van der Waals surface area (Å²) in [6.45, 7) is 1.27. The molecule has 33 heavy (non-hydrogen) atoms. The zero-order valence-corrected chi connectivity index (χ0v) is 21.6. The van der Waals surface area contributed by atoms with E-state index in [0.29, 0.717) is 29.9 Å². The van der Waals surface area contributed by atoms with Crippen molar-refractivity contribution in [1.29, 1.82) is 0 Å². The Balaban J connectivity index is 0.00000385. The van der Waals surface area contributed by atoms with Crippen LogP contribution in [0.5, 0.6) is 17.2 Å². The minimum Gasteiger partial charge on any atom is -0.502 e. The molecule has 0 saturated heterocycles. The highest BCUT2D eigenvalue weighted by Gasteiger charge is 2.14. The fraction of sp³-hybridized carbons (Fsp3) is 0.269. The van der Waals surface area contributed by atoms with E-state index in [1.54, 1.807) is 19.2 Å². The minimum absolute atomic E-state index is 0. The van der Waals surface area contributed by atoms with E-state index in [0.717, 1.165) is 18.5 Å². The number of methoxy groups -OCH3 is 2. The zero-order chi connectivity index (χ0) is 22.8. The highest BCUT2D eigenvalue weighted by Crippen LogP contribution is 2.37. The number of aliphatic imine (C=N–C) groups is 1. The van der Waals surface area contributed by atoms with Crippen molar-refractivity contribution >= 4 is 29.9 Å². The molecule has 0 radical (unpaired) electrons. The second kappa shape index (κ2) is 13.6. The molecule has 7 heteroatoms. The van der Waals surface area contributed by atoms with E-state index in [2.05, 4.69) is 64.2 Å². The molecule has 3 aromatic rings. The van der Waals surface area contributed by atoms with Crippen molar-refractivity contribution < 1.29 is 14.6 Å². The maximum Gasteiger partial charge on any atom is 0.200 e. The number of aromatic hydroxyl groups is 1. The molecule has 176 valence electrons. The fourth-order valence-electron chi connectivity index (χ4n) is 3.69. The number of halogens is 1. The van der Waals surface area contributed by atoms with Crippen molar-refractivity contribution in [3.05, 3.63) is 89.5 Å². The van der Waals surface area contributed by atoms with Crippen LogP contribution in [-0.4, -0.2) is 38.9 Å². The van der Waals surface area contributed by atoms with Gasteiger partial charge in [0.25, 0.3) is 0 Å². The van der Waals surface area contributed by atoms with Crippen LogP contribution in [0.2, 0.25) is 0 Å². The lowest BCUT2D eigenvalue weighted by Gasteiger charge is -2.20. The van der Waals surface area contributed by atoms with Crippen LogP contribution in [0.15, 0.2) is 77.8 Å². The third-order valence-electron chi connectivity index (χ3n) is 5.35. The van der Waals surface area contributed by atoms with Crippen LogP contribution in [0.4, 0.5) is 0 Å². The molecule has 0 fully saturated rings. The lowest BCUT2D eigenvalue weighted by atomic mass is 9.88. The standard InChI is InChI=1S/C26H31N3O3.HI/c1-27-26(29-18-19-16-23(31-2)25(30)24(17-19)32-3)28-15-14-22(20-10-6-4-7-11-20)21-12-8-5-9-13-21;/h4-13,16-17,22,30H,14-15,18H2,1-3H3,(H2,27,28,29);1H. The molecular weight excluding hydrogens is 529 g/mol. The van der Waals surface area contributed by atoms with E-state index < -0.39 is 0 Å². The molecule has 0 spiro atoms. The van der Waals surface area contributed by atoms with Gasteiger partial charge >= 0.3 is 0 Å². The number of guanidine groups is 1. The monoisotopic (exact) mass is 561 g/mol. The first-order valence-corrected chi connectivity index (χ1v) is 10.6. The molecule has 0 aliphatic carbocycles. The number of phenolic OH excluding ortho intramolecular Hbond substituents is 1. The average Bonchev–Trinajstić information content (AvgIpc) is 2.85. The molecule has 0 atom stereocenters. The van der Waals surface area contributed by atoms with Gasteiger partial charge in [0.2, 0.25) is 5.75 Å². The van der Waals surface area contributed by atoms with Gasteiger partial charge in [0.05, 0.1) is 14.2 Å². The van der Waals surface area contributed by atoms with Crippen molar-refractivity contribution in [2.45, 2.75) is 18.9 Å². The summed E-state index contributed by atoms with van der Waals surface area (Å²) in [6, 6.07) is 24.7. The highest BCUT2D eigenvalue weighted by atomic mass is 127. The number of hydrogen-bond acceptors (Lipinski definition) is 4. The van der Waals surface area contributed by atoms with Gasteiger partial charge in [0.15, 0.2) is 17.5 Å². The van der Waals surface area contributed by atoms with Crippen LogP contribution in [0.3, 0.4) is 0 Å². The molecule has 3 N–H and O–H groups in total. The summed E-state index contributed by atoms with van der Waals surface area (Å²) in [7, 11) is 4.78. The number of rotatable bonds is 9. The van der Waals surface area contributed by atoms with Gasteiger partial charge in [0, 0.05) is 26.1 Å². The second-order valence-corrected chi connectivity index (χ2v) is 7.36. The number of ether oxygens (including phenoxy) is 2. The molecule has 0 saturated carbocycles. The Kier molecular flexibility index (Phi) is 10.8. The lowest BCUT2D eigenvalue weighted by Crippen LogP contribution is -2.37. The number of nitrogens with one attached hydrogen (secondary N) is 2. The quantitative estimate of drug-likeness (QED) is 0.197. The molecule has 0 unspecified atom stereocenters. The van der Waals surface area contributed by atoms with Crippen molar-refractivity contribution in [3.8, 4) is 17.2 Å². The predicted molar refractivity (Wildman–Crippen MR) is 144 cm³/mol. The van der Waals surface area contributed by atoms with Gasteiger partial charge in [-0.1, -0.05) is 60.7 Å². The van der Waals surface area contributed by atoms with Crippen LogP contribution in [0, 0.1) is 0 Å². The Morgan fingerprint density at radius 3 is 1.85 bits per heavy atom. The fourth-order valence-corrected chi connectivity index (χ4v) is 3.69. The van der Waals surface area contributed by atoms with Gasteiger partial charge in [-0.05, 0) is 35.2 Å². The number of benzene rings is 3. The van der Waals surface area contributed by atoms with E-state index in [4.69, 9.17) is 9.47 Å². The predicted octanol–water partition coefficient (Wildman–Crippen LogP) is 4.91. The van der Waals surface area contributed by atoms with Crippen LogP contribution in [0.1, 0.15) is 29.0 Å². The van der Waals surface area contributed by atoms with E-state index in [9.17, 15) is 5.11 Å². The molecular formula is C26H32IN3O3. The van der Waals surface area contributed by atoms with Crippen molar-refractivity contribution in [1.82, 2.24) is 10.6 Å². The Hall–Kier alpha value is -2.94. The maximum atomic E-state index is 10.1. The van der Waals surface area contributed by atoms with E-state index >= 15 is 0 Å². The Labute approximate surface area is 213 Å². The normalized spacial score (nSPS) is 11.0. The summed E-state index contributed by atoms with van der Waals surface area (Å²) >= 11 is 0. The summed E-state index contributed by atoms with van der Waals surface area (Å²) in [5.41, 5.74) is 3.50. The van der Waals surface area contributed by atoms with Crippen LogP contribution in [0.25, 0.3) is 0 Å². The third kappa shape index (κ3) is 7.28. The van der Waals surface area contributed by atoms with Gasteiger partial charge < -0.3 is 25.2 Å². The van der Waals surface area contributed by atoms with Crippen LogP contribution >= 0.6 is 24.0 Å². The van der Waals surface area contributed by atoms with E-state index in [-0.39, 0.29) is 29.7 Å². The van der Waals surface area contributed by atoms with Crippen LogP contribution in [-0.2, 0) is 6.54 Å². The minimum atomic E-state index is -0.00544. The lowest BCUT2D eigenvalue weighted by molar-refractivity contribution is 0.339. The molecule has 0 amide bonds. The Morgan fingerprint density at radius 2 is 1.39 bits per heavy atom. The zero-order valence-electron chi connectivity index (χ0n) is 19.2. The topological polar surface area (TPSA) is 75.1 Å². The van der Waals surface area contributed by atoms with E-state index in [1.807, 2.05) is 12.1 Å². The molecule has 0 aromatic heterocycles. The summed E-state index contributed by atoms with van der Waals surface area (Å²) < 4.78 is 10.5. The van der Waals surface area contributed by atoms with Gasteiger partial charge in [-0.15, -0.1) is 24.0 Å². The van der Waals surface area contributed by atoms with Crippen molar-refractivity contribution in [2.75, 3.05) is 27.8 Å². The first kappa shape index (κ1) is 26.3. The molecule has 0 bridgehead atoms. The van der Waals surface area contributed by atoms with Crippen LogP contribution < -0.4 is 20.1 Å². The summed E-state index contributed by atoms with van der Waals surface area (Å²) in [5.74, 6) is 1.74. The second-order valence-electron chi connectivity index (χ2n) is 7.36. The summed E-state index contributed by atoms with van der Waals surface area (Å²) in [5, 5.41) is 16.8. The average molecular weight is 561 g/mol. The maximum absolute atomic E-state index is 10.1. The first-order valence-electron chi connectivity index (χ1n) is 10.6. The smallest absolute Gasteiger partial charge is 0.200 e. The van der Waals surface area contributed by atoms with E-state index in [1.165, 1.54) is 25.3 Å². The highest BCUT2D eigenvalue weighted by molar-refractivity contribution is 14.0. The molecule has 6 nitrogen and oxygen atoms in total. The number of phenols is 1. The van der Waals surface area contributed by atoms with Crippen molar-refractivity contribution in [2.24, 2.45) is 4.99 Å².